The lowest BCUT2D eigenvalue weighted by Crippen LogP contribution is -2.26. The van der Waals surface area contributed by atoms with Gasteiger partial charge in [0.2, 0.25) is 5.91 Å². The molecule has 0 fully saturated rings. The lowest BCUT2D eigenvalue weighted by molar-refractivity contribution is -0.119. The number of amides is 1. The van der Waals surface area contributed by atoms with Gasteiger partial charge in [-0.15, -0.1) is 0 Å². The van der Waals surface area contributed by atoms with Crippen LogP contribution >= 0.6 is 0 Å². The van der Waals surface area contributed by atoms with Crippen molar-refractivity contribution >= 4 is 13.8 Å². The standard InChI is InChI=1S/C5H10BNO2/c1-9-3-2-7-5(8)4-6/h2-4H2,1H3,(H,7,8). The molecule has 0 unspecified atom stereocenters. The number of hydrogen-bond acceptors (Lipinski definition) is 2. The highest BCUT2D eigenvalue weighted by Gasteiger charge is 1.91. The van der Waals surface area contributed by atoms with Gasteiger partial charge in [0.1, 0.15) is 0 Å². The van der Waals surface area contributed by atoms with Gasteiger partial charge < -0.3 is 10.1 Å². The maximum atomic E-state index is 10.4. The summed E-state index contributed by atoms with van der Waals surface area (Å²) in [6, 6.07) is 0. The fourth-order valence-corrected chi connectivity index (χ4v) is 0.365. The van der Waals surface area contributed by atoms with E-state index in [1.807, 2.05) is 0 Å². The third kappa shape index (κ3) is 5.36. The van der Waals surface area contributed by atoms with Crippen molar-refractivity contribution in [2.45, 2.75) is 6.32 Å². The second kappa shape index (κ2) is 5.63. The molecular weight excluding hydrogens is 117 g/mol. The molecule has 0 saturated carbocycles. The molecular formula is C5H10BNO2. The number of methoxy groups -OCH3 is 1. The van der Waals surface area contributed by atoms with Gasteiger partial charge in [0, 0.05) is 13.7 Å². The van der Waals surface area contributed by atoms with Crippen LogP contribution in [-0.2, 0) is 9.53 Å². The first-order valence-corrected chi connectivity index (χ1v) is 2.77. The van der Waals surface area contributed by atoms with Crippen LogP contribution in [0, 0.1) is 0 Å². The average Bonchev–Trinajstić information content (AvgIpc) is 1.89. The second-order valence-corrected chi connectivity index (χ2v) is 1.55. The Morgan fingerprint density at radius 2 is 2.44 bits per heavy atom. The van der Waals surface area contributed by atoms with E-state index < -0.39 is 0 Å². The molecule has 0 atom stereocenters. The van der Waals surface area contributed by atoms with Crippen LogP contribution in [-0.4, -0.2) is 34.0 Å². The Balaban J connectivity index is 2.97. The van der Waals surface area contributed by atoms with Gasteiger partial charge in [-0.3, -0.25) is 4.79 Å². The zero-order valence-electron chi connectivity index (χ0n) is 5.52. The Hall–Kier alpha value is -0.505. The van der Waals surface area contributed by atoms with Crippen LogP contribution in [0.2, 0.25) is 6.32 Å². The number of carbonyl (C=O) groups is 1. The highest BCUT2D eigenvalue weighted by molar-refractivity contribution is 6.19. The molecule has 2 radical (unpaired) electrons. The number of carbonyl (C=O) groups excluding carboxylic acids is 1. The quantitative estimate of drug-likeness (QED) is 0.402. The summed E-state index contributed by atoms with van der Waals surface area (Å²) in [6.45, 7) is 1.07. The van der Waals surface area contributed by atoms with E-state index in [2.05, 4.69) is 10.1 Å². The first-order chi connectivity index (χ1) is 4.31. The number of ether oxygens (including phenoxy) is 1. The second-order valence-electron chi connectivity index (χ2n) is 1.55. The van der Waals surface area contributed by atoms with E-state index in [0.717, 1.165) is 0 Å². The normalized spacial score (nSPS) is 9.00. The van der Waals surface area contributed by atoms with Crippen LogP contribution in [0.3, 0.4) is 0 Å². The average molecular weight is 127 g/mol. The lowest BCUT2D eigenvalue weighted by Gasteiger charge is -2.00. The van der Waals surface area contributed by atoms with Crippen LogP contribution in [0.1, 0.15) is 0 Å². The Kier molecular flexibility index (Phi) is 5.31. The van der Waals surface area contributed by atoms with Crippen molar-refractivity contribution in [2.24, 2.45) is 0 Å². The minimum absolute atomic E-state index is 0.0454. The van der Waals surface area contributed by atoms with Gasteiger partial charge in [-0.25, -0.2) is 0 Å². The Bertz CT molecular complexity index is 87.0. The predicted molar refractivity (Wildman–Crippen MR) is 35.4 cm³/mol. The SMILES string of the molecule is [B]CC(=O)NCCOC. The summed E-state index contributed by atoms with van der Waals surface area (Å²) in [5.74, 6) is -0.146. The summed E-state index contributed by atoms with van der Waals surface area (Å²) >= 11 is 0. The van der Waals surface area contributed by atoms with Crippen LogP contribution < -0.4 is 5.32 Å². The molecule has 0 aliphatic carbocycles. The number of hydrogen-bond donors (Lipinski definition) is 1. The van der Waals surface area contributed by atoms with Crippen molar-refractivity contribution in [1.82, 2.24) is 5.32 Å². The maximum absolute atomic E-state index is 10.4. The van der Waals surface area contributed by atoms with Crippen LogP contribution in [0.5, 0.6) is 0 Å². The molecule has 0 spiro atoms. The molecule has 0 heterocycles. The summed E-state index contributed by atoms with van der Waals surface area (Å²) in [7, 11) is 6.58. The van der Waals surface area contributed by atoms with Gasteiger partial charge in [0.15, 0.2) is 0 Å². The van der Waals surface area contributed by atoms with Crippen LogP contribution in [0.25, 0.3) is 0 Å². The largest absolute Gasteiger partial charge is 0.383 e. The van der Waals surface area contributed by atoms with Crippen LogP contribution in [0.4, 0.5) is 0 Å². The molecule has 0 aromatic carbocycles. The van der Waals surface area contributed by atoms with E-state index in [-0.39, 0.29) is 12.2 Å². The van der Waals surface area contributed by atoms with Gasteiger partial charge >= 0.3 is 0 Å². The number of rotatable bonds is 4. The van der Waals surface area contributed by atoms with Crippen molar-refractivity contribution in [2.75, 3.05) is 20.3 Å². The van der Waals surface area contributed by atoms with Gasteiger partial charge in [-0.2, -0.15) is 0 Å². The predicted octanol–water partition coefficient (Wildman–Crippen LogP) is -0.664. The first-order valence-electron chi connectivity index (χ1n) is 2.77. The maximum Gasteiger partial charge on any atom is 0.211 e. The summed E-state index contributed by atoms with van der Waals surface area (Å²) in [4.78, 5) is 10.4. The minimum Gasteiger partial charge on any atom is -0.383 e. The molecule has 4 heteroatoms. The van der Waals surface area contributed by atoms with Gasteiger partial charge in [0.05, 0.1) is 14.5 Å². The van der Waals surface area contributed by atoms with Crippen molar-refractivity contribution in [3.8, 4) is 0 Å². The summed E-state index contributed by atoms with van der Waals surface area (Å²) < 4.78 is 4.68. The molecule has 0 aromatic heterocycles. The van der Waals surface area contributed by atoms with Crippen molar-refractivity contribution < 1.29 is 9.53 Å². The monoisotopic (exact) mass is 127 g/mol. The summed E-state index contributed by atoms with van der Waals surface area (Å²) in [5, 5.41) is 2.54. The van der Waals surface area contributed by atoms with E-state index in [1.165, 1.54) is 0 Å². The molecule has 0 bridgehead atoms. The minimum atomic E-state index is -0.146. The van der Waals surface area contributed by atoms with Crippen LogP contribution in [0.15, 0.2) is 0 Å². The molecule has 3 nitrogen and oxygen atoms in total. The lowest BCUT2D eigenvalue weighted by atomic mass is 10.1. The molecule has 0 rings (SSSR count). The Morgan fingerprint density at radius 1 is 1.78 bits per heavy atom. The zero-order valence-corrected chi connectivity index (χ0v) is 5.52. The van der Waals surface area contributed by atoms with E-state index in [1.54, 1.807) is 7.11 Å². The van der Waals surface area contributed by atoms with E-state index in [4.69, 9.17) is 7.85 Å². The molecule has 0 saturated heterocycles. The van der Waals surface area contributed by atoms with Gasteiger partial charge in [-0.1, -0.05) is 0 Å². The summed E-state index contributed by atoms with van der Waals surface area (Å²) in [6.07, 6.45) is 0.0454. The molecule has 1 amide bonds. The van der Waals surface area contributed by atoms with Crippen molar-refractivity contribution in [3.05, 3.63) is 0 Å². The third-order valence-corrected chi connectivity index (χ3v) is 0.814. The van der Waals surface area contributed by atoms with E-state index in [0.29, 0.717) is 13.2 Å². The molecule has 0 aromatic rings. The highest BCUT2D eigenvalue weighted by atomic mass is 16.5. The zero-order chi connectivity index (χ0) is 7.11. The third-order valence-electron chi connectivity index (χ3n) is 0.814. The molecule has 9 heavy (non-hydrogen) atoms. The molecule has 0 aliphatic rings. The van der Waals surface area contributed by atoms with E-state index >= 15 is 0 Å². The molecule has 0 aliphatic heterocycles. The van der Waals surface area contributed by atoms with E-state index in [9.17, 15) is 4.79 Å². The fourth-order valence-electron chi connectivity index (χ4n) is 0.365. The molecule has 50 valence electrons. The first kappa shape index (κ1) is 8.49. The smallest absolute Gasteiger partial charge is 0.211 e. The molecule has 1 N–H and O–H groups in total. The fraction of sp³-hybridized carbons (Fsp3) is 0.800. The Labute approximate surface area is 56.2 Å². The highest BCUT2D eigenvalue weighted by Crippen LogP contribution is 1.70. The Morgan fingerprint density at radius 3 is 2.89 bits per heavy atom. The number of nitrogens with one attached hydrogen (secondary N) is 1. The topological polar surface area (TPSA) is 38.3 Å². The van der Waals surface area contributed by atoms with Gasteiger partial charge in [0.25, 0.3) is 0 Å². The van der Waals surface area contributed by atoms with Crippen molar-refractivity contribution in [3.63, 3.8) is 0 Å². The van der Waals surface area contributed by atoms with Crippen molar-refractivity contribution in [1.29, 1.82) is 0 Å². The summed E-state index contributed by atoms with van der Waals surface area (Å²) in [5.41, 5.74) is 0. The van der Waals surface area contributed by atoms with Gasteiger partial charge in [-0.05, 0) is 6.32 Å².